The molecule has 0 radical (unpaired) electrons. The first-order chi connectivity index (χ1) is 11.3. The van der Waals surface area contributed by atoms with Crippen LogP contribution in [0.2, 0.25) is 0 Å². The molecule has 0 aliphatic carbocycles. The third-order valence-electron chi connectivity index (χ3n) is 4.86. The van der Waals surface area contributed by atoms with Gasteiger partial charge in [0, 0.05) is 12.6 Å². The van der Waals surface area contributed by atoms with Gasteiger partial charge in [0.05, 0.1) is 5.54 Å². The first-order valence-electron chi connectivity index (χ1n) is 8.27. The molecule has 0 aromatic heterocycles. The predicted octanol–water partition coefficient (Wildman–Crippen LogP) is 4.68. The van der Waals surface area contributed by atoms with Crippen LogP contribution in [-0.4, -0.2) is 17.5 Å². The van der Waals surface area contributed by atoms with Crippen molar-refractivity contribution >= 4 is 0 Å². The van der Waals surface area contributed by atoms with E-state index in [1.807, 2.05) is 0 Å². The molecule has 1 nitrogen and oxygen atoms in total. The molecule has 23 heavy (non-hydrogen) atoms. The molecule has 3 aromatic rings. The van der Waals surface area contributed by atoms with E-state index in [9.17, 15) is 0 Å². The topological polar surface area (TPSA) is 3.01 Å². The van der Waals surface area contributed by atoms with Crippen LogP contribution in [-0.2, 0) is 5.54 Å². The summed E-state index contributed by atoms with van der Waals surface area (Å²) in [4.78, 5) is 2.59. The van der Waals surface area contributed by atoms with Crippen LogP contribution in [0.4, 0.5) is 0 Å². The fraction of sp³-hybridized carbons (Fsp3) is 0.182. The average Bonchev–Trinajstić information content (AvgIpc) is 3.35. The molecule has 1 aliphatic rings. The van der Waals surface area contributed by atoms with E-state index in [1.165, 1.54) is 16.7 Å². The van der Waals surface area contributed by atoms with Crippen LogP contribution in [0.15, 0.2) is 91.0 Å². The summed E-state index contributed by atoms with van der Waals surface area (Å²) < 4.78 is 0. The van der Waals surface area contributed by atoms with Crippen molar-refractivity contribution in [3.05, 3.63) is 108 Å². The maximum Gasteiger partial charge on any atom is 0.0976 e. The molecule has 2 atom stereocenters. The van der Waals surface area contributed by atoms with Gasteiger partial charge in [-0.25, -0.2) is 0 Å². The molecule has 1 unspecified atom stereocenters. The number of hydrogen-bond donors (Lipinski definition) is 0. The van der Waals surface area contributed by atoms with Crippen molar-refractivity contribution < 1.29 is 0 Å². The van der Waals surface area contributed by atoms with E-state index >= 15 is 0 Å². The Labute approximate surface area is 138 Å². The lowest BCUT2D eigenvalue weighted by Crippen LogP contribution is -2.38. The van der Waals surface area contributed by atoms with E-state index < -0.39 is 0 Å². The van der Waals surface area contributed by atoms with Gasteiger partial charge in [-0.1, -0.05) is 91.0 Å². The predicted molar refractivity (Wildman–Crippen MR) is 95.4 cm³/mol. The Bertz CT molecular complexity index is 668. The Morgan fingerprint density at radius 2 is 0.957 bits per heavy atom. The lowest BCUT2D eigenvalue weighted by atomic mass is 9.76. The highest BCUT2D eigenvalue weighted by molar-refractivity contribution is 5.51. The molecule has 114 valence electrons. The van der Waals surface area contributed by atoms with Crippen LogP contribution < -0.4 is 0 Å². The van der Waals surface area contributed by atoms with Crippen molar-refractivity contribution in [3.8, 4) is 0 Å². The van der Waals surface area contributed by atoms with Crippen molar-refractivity contribution in [1.82, 2.24) is 4.90 Å². The van der Waals surface area contributed by atoms with Crippen molar-refractivity contribution in [2.75, 3.05) is 6.54 Å². The second kappa shape index (κ2) is 5.68. The zero-order valence-corrected chi connectivity index (χ0v) is 13.4. The Morgan fingerprint density at radius 1 is 0.652 bits per heavy atom. The van der Waals surface area contributed by atoms with Gasteiger partial charge in [-0.15, -0.1) is 0 Å². The lowest BCUT2D eigenvalue weighted by Gasteiger charge is -2.38. The molecule has 1 saturated heterocycles. The SMILES string of the molecule is C[C@H]1CN1C(c1ccccc1)(c1ccccc1)c1ccccc1. The summed E-state index contributed by atoms with van der Waals surface area (Å²) in [5.74, 6) is 0. The third kappa shape index (κ3) is 2.29. The number of rotatable bonds is 4. The number of hydrogen-bond acceptors (Lipinski definition) is 1. The summed E-state index contributed by atoms with van der Waals surface area (Å²) in [7, 11) is 0. The first-order valence-corrected chi connectivity index (χ1v) is 8.27. The molecule has 0 spiro atoms. The summed E-state index contributed by atoms with van der Waals surface area (Å²) in [6, 6.07) is 33.3. The molecule has 1 aliphatic heterocycles. The van der Waals surface area contributed by atoms with Gasteiger partial charge < -0.3 is 0 Å². The molecule has 0 amide bonds. The Morgan fingerprint density at radius 3 is 1.22 bits per heavy atom. The van der Waals surface area contributed by atoms with Crippen LogP contribution in [0.1, 0.15) is 23.6 Å². The highest BCUT2D eigenvalue weighted by Crippen LogP contribution is 2.47. The fourth-order valence-corrected chi connectivity index (χ4v) is 3.74. The van der Waals surface area contributed by atoms with E-state index in [4.69, 9.17) is 0 Å². The standard InChI is InChI=1S/C22H21N/c1-18-17-23(18)22(19-11-5-2-6-12-19,20-13-7-3-8-14-20)21-15-9-4-10-16-21/h2-16,18H,17H2,1H3/t18-,23?/m0/s1. The highest BCUT2D eigenvalue weighted by Gasteiger charge is 2.50. The summed E-state index contributed by atoms with van der Waals surface area (Å²) >= 11 is 0. The smallest absolute Gasteiger partial charge is 0.0976 e. The Kier molecular flexibility index (Phi) is 3.51. The number of nitrogens with zero attached hydrogens (tertiary/aromatic N) is 1. The summed E-state index contributed by atoms with van der Waals surface area (Å²) in [5, 5.41) is 0. The maximum atomic E-state index is 2.59. The largest absolute Gasteiger partial charge is 0.281 e. The van der Waals surface area contributed by atoms with Crippen molar-refractivity contribution in [1.29, 1.82) is 0 Å². The van der Waals surface area contributed by atoms with Crippen molar-refractivity contribution in [3.63, 3.8) is 0 Å². The van der Waals surface area contributed by atoms with Crippen LogP contribution in [0, 0.1) is 0 Å². The molecule has 0 saturated carbocycles. The zero-order chi connectivity index (χ0) is 15.7. The van der Waals surface area contributed by atoms with Gasteiger partial charge in [-0.2, -0.15) is 0 Å². The van der Waals surface area contributed by atoms with E-state index in [2.05, 4.69) is 103 Å². The van der Waals surface area contributed by atoms with Gasteiger partial charge in [0.2, 0.25) is 0 Å². The highest BCUT2D eigenvalue weighted by atomic mass is 15.4. The minimum atomic E-state index is -0.205. The lowest BCUT2D eigenvalue weighted by molar-refractivity contribution is 0.326. The third-order valence-corrected chi connectivity index (χ3v) is 4.86. The van der Waals surface area contributed by atoms with Gasteiger partial charge in [-0.3, -0.25) is 4.90 Å². The molecule has 1 heteroatoms. The van der Waals surface area contributed by atoms with E-state index in [-0.39, 0.29) is 5.54 Å². The van der Waals surface area contributed by atoms with Crippen molar-refractivity contribution in [2.45, 2.75) is 18.5 Å². The van der Waals surface area contributed by atoms with E-state index in [0.29, 0.717) is 6.04 Å². The summed E-state index contributed by atoms with van der Waals surface area (Å²) in [6.07, 6.45) is 0. The number of benzene rings is 3. The zero-order valence-electron chi connectivity index (χ0n) is 13.4. The summed E-state index contributed by atoms with van der Waals surface area (Å²) in [5.41, 5.74) is 3.80. The molecule has 4 rings (SSSR count). The molecular weight excluding hydrogens is 278 g/mol. The first kappa shape index (κ1) is 14.2. The molecule has 1 heterocycles. The van der Waals surface area contributed by atoms with Gasteiger partial charge in [-0.05, 0) is 23.6 Å². The van der Waals surface area contributed by atoms with Crippen LogP contribution in [0.3, 0.4) is 0 Å². The average molecular weight is 299 g/mol. The van der Waals surface area contributed by atoms with Crippen LogP contribution in [0.5, 0.6) is 0 Å². The Balaban J connectivity index is 2.03. The quantitative estimate of drug-likeness (QED) is 0.499. The van der Waals surface area contributed by atoms with E-state index in [1.54, 1.807) is 0 Å². The molecule has 0 bridgehead atoms. The monoisotopic (exact) mass is 299 g/mol. The molecular formula is C22H21N. The molecule has 0 N–H and O–H groups in total. The van der Waals surface area contributed by atoms with E-state index in [0.717, 1.165) is 6.54 Å². The molecule has 1 fully saturated rings. The molecule has 3 aromatic carbocycles. The minimum Gasteiger partial charge on any atom is -0.281 e. The van der Waals surface area contributed by atoms with Gasteiger partial charge >= 0.3 is 0 Å². The second-order valence-electron chi connectivity index (χ2n) is 6.31. The van der Waals surface area contributed by atoms with Crippen molar-refractivity contribution in [2.24, 2.45) is 0 Å². The maximum absolute atomic E-state index is 2.59. The van der Waals surface area contributed by atoms with Gasteiger partial charge in [0.1, 0.15) is 0 Å². The van der Waals surface area contributed by atoms with Gasteiger partial charge in [0.25, 0.3) is 0 Å². The van der Waals surface area contributed by atoms with Crippen LogP contribution in [0.25, 0.3) is 0 Å². The normalized spacial score (nSPS) is 20.2. The van der Waals surface area contributed by atoms with Crippen LogP contribution >= 0.6 is 0 Å². The Hall–Kier alpha value is -2.38. The minimum absolute atomic E-state index is 0.205. The summed E-state index contributed by atoms with van der Waals surface area (Å²) in [6.45, 7) is 3.43. The fourth-order valence-electron chi connectivity index (χ4n) is 3.74. The second-order valence-corrected chi connectivity index (χ2v) is 6.31. The van der Waals surface area contributed by atoms with Gasteiger partial charge in [0.15, 0.2) is 0 Å².